The number of hydrogen-bond donors (Lipinski definition) is 0. The molecule has 1 heterocycles. The molecule has 3 rings (SSSR count). The van der Waals surface area contributed by atoms with E-state index in [0.717, 1.165) is 61.7 Å². The molecule has 214 valence electrons. The molecule has 1 aromatic heterocycles. The Morgan fingerprint density at radius 1 is 0.805 bits per heavy atom. The number of nitrogens with zero attached hydrogens (tertiary/aromatic N) is 7. The lowest BCUT2D eigenvalue weighted by molar-refractivity contribution is -0.697. The highest BCUT2D eigenvalue weighted by Gasteiger charge is 2.03. The van der Waals surface area contributed by atoms with Gasteiger partial charge in [0.1, 0.15) is 6.54 Å². The second-order valence-corrected chi connectivity index (χ2v) is 9.63. The summed E-state index contributed by atoms with van der Waals surface area (Å²) in [5.41, 5.74) is 4.89. The first-order valence-corrected chi connectivity index (χ1v) is 14.5. The van der Waals surface area contributed by atoms with E-state index >= 15 is 0 Å². The molecule has 0 N–H and O–H groups in total. The molecule has 0 amide bonds. The average molecular weight is 551 g/mol. The fourth-order valence-electron chi connectivity index (χ4n) is 4.19. The molecule has 0 atom stereocenters. The van der Waals surface area contributed by atoms with Gasteiger partial charge in [-0.3, -0.25) is 10.0 Å². The first kappa shape index (κ1) is 31.1. The van der Waals surface area contributed by atoms with Crippen molar-refractivity contribution in [3.63, 3.8) is 0 Å². The minimum Gasteiger partial charge on any atom is -0.372 e. The summed E-state index contributed by atoms with van der Waals surface area (Å²) in [6, 6.07) is 22.3. The predicted molar refractivity (Wildman–Crippen MR) is 174 cm³/mol. The second-order valence-electron chi connectivity index (χ2n) is 9.63. The van der Waals surface area contributed by atoms with Crippen molar-refractivity contribution >= 4 is 35.2 Å². The van der Waals surface area contributed by atoms with Crippen LogP contribution in [0.1, 0.15) is 39.5 Å². The van der Waals surface area contributed by atoms with E-state index in [1.807, 2.05) is 78.9 Å². The molecule has 0 unspecified atom stereocenters. The van der Waals surface area contributed by atoms with Gasteiger partial charge in [0.2, 0.25) is 0 Å². The molecule has 7 heteroatoms. The summed E-state index contributed by atoms with van der Waals surface area (Å²) in [6.45, 7) is 12.0. The van der Waals surface area contributed by atoms with Gasteiger partial charge >= 0.3 is 0 Å². The van der Waals surface area contributed by atoms with Crippen LogP contribution < -0.4 is 14.5 Å². The average Bonchev–Trinajstić information content (AvgIpc) is 3.02. The Bertz CT molecular complexity index is 1270. The third-order valence-electron chi connectivity index (χ3n) is 6.70. The third-order valence-corrected chi connectivity index (χ3v) is 6.70. The summed E-state index contributed by atoms with van der Waals surface area (Å²) in [7, 11) is 1.93. The van der Waals surface area contributed by atoms with Crippen LogP contribution >= 0.6 is 0 Å². The maximum Gasteiger partial charge on any atom is 0.171 e. The normalized spacial score (nSPS) is 12.0. The van der Waals surface area contributed by atoms with Crippen molar-refractivity contribution in [1.82, 2.24) is 0 Å². The topological polar surface area (TPSA) is 59.8 Å². The highest BCUT2D eigenvalue weighted by Crippen LogP contribution is 2.22. The van der Waals surface area contributed by atoms with Gasteiger partial charge in [-0.1, -0.05) is 37.3 Å². The lowest BCUT2D eigenvalue weighted by atomic mass is 10.2. The van der Waals surface area contributed by atoms with Crippen molar-refractivity contribution in [2.24, 2.45) is 20.3 Å². The van der Waals surface area contributed by atoms with Crippen LogP contribution in [0.3, 0.4) is 0 Å². The molecular formula is C34H44N7+. The number of hydrazone groups is 1. The van der Waals surface area contributed by atoms with E-state index in [1.165, 1.54) is 18.5 Å². The molecule has 0 saturated carbocycles. The number of unbranched alkanes of at least 4 members (excludes halogenated alkanes) is 3. The molecule has 2 aromatic carbocycles. The van der Waals surface area contributed by atoms with Crippen LogP contribution in [0.5, 0.6) is 0 Å². The summed E-state index contributed by atoms with van der Waals surface area (Å²) in [6.07, 6.45) is 16.1. The van der Waals surface area contributed by atoms with E-state index in [-0.39, 0.29) is 0 Å². The summed E-state index contributed by atoms with van der Waals surface area (Å²) in [4.78, 5) is 6.83. The van der Waals surface area contributed by atoms with E-state index < -0.39 is 0 Å². The molecule has 7 nitrogen and oxygen atoms in total. The zero-order valence-electron chi connectivity index (χ0n) is 24.8. The number of aliphatic imine (C=N–C) groups is 1. The van der Waals surface area contributed by atoms with Gasteiger partial charge < -0.3 is 4.90 Å². The molecule has 0 spiro atoms. The van der Waals surface area contributed by atoms with Crippen LogP contribution in [0.2, 0.25) is 0 Å². The summed E-state index contributed by atoms with van der Waals surface area (Å²) < 4.78 is 2.20. The molecule has 41 heavy (non-hydrogen) atoms. The van der Waals surface area contributed by atoms with Gasteiger partial charge in [-0.15, -0.1) is 0 Å². The number of azo groups is 1. The van der Waals surface area contributed by atoms with Crippen molar-refractivity contribution in [2.45, 2.75) is 46.1 Å². The number of aromatic nitrogens is 1. The number of anilines is 2. The third kappa shape index (κ3) is 11.3. The Hall–Kier alpha value is -4.39. The lowest BCUT2D eigenvalue weighted by Crippen LogP contribution is -2.32. The van der Waals surface area contributed by atoms with Crippen LogP contribution in [0, 0.1) is 0 Å². The molecule has 3 aromatic rings. The second kappa shape index (κ2) is 18.1. The molecule has 0 aliphatic carbocycles. The smallest absolute Gasteiger partial charge is 0.171 e. The molecule has 0 fully saturated rings. The quantitative estimate of drug-likeness (QED) is 0.0426. The molecule has 0 aliphatic heterocycles. The summed E-state index contributed by atoms with van der Waals surface area (Å²) in [5.74, 6) is 0. The fraction of sp³-hybridized carbons (Fsp3) is 0.324. The Morgan fingerprint density at radius 2 is 1.46 bits per heavy atom. The molecule has 0 aliphatic rings. The standard InChI is InChI=1S/C34H44N7/c1-5-30(29-36-39(4)33-15-11-10-12-16-33)21-25-35-24-13-8-9-14-26-40-27-22-32(23-28-40)38-37-31-17-19-34(20-18-31)41(6-2)7-3/h5,10-12,15-23,25,27-29H,1,6-9,13-14,24,26H2,2-4H3/q+1/b30-21+,35-25+,36-29-. The van der Waals surface area contributed by atoms with Gasteiger partial charge in [0.05, 0.1) is 23.3 Å². The van der Waals surface area contributed by atoms with Gasteiger partial charge in [-0.05, 0) is 74.7 Å². The van der Waals surface area contributed by atoms with Crippen molar-refractivity contribution < 1.29 is 4.57 Å². The minimum absolute atomic E-state index is 0.826. The van der Waals surface area contributed by atoms with E-state index in [9.17, 15) is 0 Å². The summed E-state index contributed by atoms with van der Waals surface area (Å²) >= 11 is 0. The maximum atomic E-state index is 4.52. The van der Waals surface area contributed by atoms with Crippen molar-refractivity contribution in [3.8, 4) is 0 Å². The lowest BCUT2D eigenvalue weighted by Gasteiger charge is -2.20. The Morgan fingerprint density at radius 3 is 2.12 bits per heavy atom. The van der Waals surface area contributed by atoms with Crippen molar-refractivity contribution in [2.75, 3.05) is 36.6 Å². The Labute approximate surface area is 246 Å². The van der Waals surface area contributed by atoms with Crippen LogP contribution in [-0.4, -0.2) is 39.1 Å². The number of benzene rings is 2. The van der Waals surface area contributed by atoms with Crippen molar-refractivity contribution in [3.05, 3.63) is 103 Å². The van der Waals surface area contributed by atoms with E-state index in [2.05, 4.69) is 74.7 Å². The Balaban J connectivity index is 1.31. The number of aryl methyl sites for hydroxylation is 1. The monoisotopic (exact) mass is 550 g/mol. The zero-order chi connectivity index (χ0) is 29.1. The predicted octanol–water partition coefficient (Wildman–Crippen LogP) is 8.10. The number of rotatable bonds is 17. The molecule has 0 saturated heterocycles. The van der Waals surface area contributed by atoms with Gasteiger partial charge in [0, 0.05) is 57.1 Å². The number of para-hydroxylation sites is 1. The van der Waals surface area contributed by atoms with Crippen LogP contribution in [0.25, 0.3) is 0 Å². The van der Waals surface area contributed by atoms with Crippen molar-refractivity contribution in [1.29, 1.82) is 0 Å². The largest absolute Gasteiger partial charge is 0.372 e. The maximum absolute atomic E-state index is 4.52. The van der Waals surface area contributed by atoms with E-state index in [4.69, 9.17) is 0 Å². The van der Waals surface area contributed by atoms with Gasteiger partial charge in [-0.2, -0.15) is 15.3 Å². The fourth-order valence-corrected chi connectivity index (χ4v) is 4.19. The first-order chi connectivity index (χ1) is 20.1. The number of hydrogen-bond acceptors (Lipinski definition) is 6. The van der Waals surface area contributed by atoms with Gasteiger partial charge in [0.25, 0.3) is 0 Å². The molecule has 0 radical (unpaired) electrons. The first-order valence-electron chi connectivity index (χ1n) is 14.5. The SMILES string of the molecule is C=CC(/C=N\N(C)c1ccccc1)=C\C=N\CCCCCC[n+]1ccc(/N=N/c2ccc(N(CC)CC)cc2)cc1. The van der Waals surface area contributed by atoms with E-state index in [1.54, 1.807) is 12.3 Å². The van der Waals surface area contributed by atoms with Gasteiger partial charge in [0.15, 0.2) is 12.4 Å². The number of pyridine rings is 1. The highest BCUT2D eigenvalue weighted by molar-refractivity contribution is 5.89. The minimum atomic E-state index is 0.826. The number of allylic oxidation sites excluding steroid dienone is 3. The molecule has 0 bridgehead atoms. The summed E-state index contributed by atoms with van der Waals surface area (Å²) in [5, 5.41) is 15.1. The zero-order valence-corrected chi connectivity index (χ0v) is 24.8. The van der Waals surface area contributed by atoms with Crippen LogP contribution in [-0.2, 0) is 6.54 Å². The van der Waals surface area contributed by atoms with Crippen LogP contribution in [0.4, 0.5) is 22.7 Å². The Kier molecular flexibility index (Phi) is 13.7. The van der Waals surface area contributed by atoms with Gasteiger partial charge in [-0.25, -0.2) is 4.57 Å². The molecular weight excluding hydrogens is 506 g/mol. The van der Waals surface area contributed by atoms with Crippen LogP contribution in [0.15, 0.2) is 124 Å². The highest BCUT2D eigenvalue weighted by atomic mass is 15.4. The van der Waals surface area contributed by atoms with E-state index in [0.29, 0.717) is 0 Å².